The average molecular weight is 344 g/mol. The zero-order valence-electron chi connectivity index (χ0n) is 12.3. The van der Waals surface area contributed by atoms with Crippen LogP contribution in [0.4, 0.5) is 0 Å². The number of hydrogen-bond acceptors (Lipinski definition) is 4. The fraction of sp³-hybridized carbons (Fsp3) is 0.923. The normalized spacial score (nSPS) is 28.1. The molecule has 2 saturated heterocycles. The molecule has 0 aliphatic carbocycles. The van der Waals surface area contributed by atoms with Crippen LogP contribution in [0.1, 0.15) is 26.7 Å². The number of rotatable bonds is 4. The Labute approximate surface area is 139 Å². The standard InChI is InChI=1S/C13H25N3OS.2ClH/c1-10-4-3-5-16(7-10)11(2)6-14-13(17)12-8-18-9-15-12;;/h10-12,15H,3-9H2,1-2H3,(H,14,17);2*1H. The second kappa shape index (κ2) is 10.1. The fourth-order valence-corrected chi connectivity index (χ4v) is 3.63. The van der Waals surface area contributed by atoms with Crippen LogP contribution in [-0.4, -0.2) is 54.2 Å². The van der Waals surface area contributed by atoms with Gasteiger partial charge < -0.3 is 5.32 Å². The number of carbonyl (C=O) groups excluding carboxylic acids is 1. The molecule has 2 rings (SSSR count). The van der Waals surface area contributed by atoms with Gasteiger partial charge in [0.05, 0.1) is 6.04 Å². The van der Waals surface area contributed by atoms with Crippen molar-refractivity contribution in [2.24, 2.45) is 5.92 Å². The minimum atomic E-state index is 0. The highest BCUT2D eigenvalue weighted by Gasteiger charge is 2.24. The smallest absolute Gasteiger partial charge is 0.238 e. The van der Waals surface area contributed by atoms with Crippen molar-refractivity contribution in [3.63, 3.8) is 0 Å². The Bertz CT molecular complexity index is 291. The predicted octanol–water partition coefficient (Wildman–Crippen LogP) is 1.73. The number of thioether (sulfide) groups is 1. The van der Waals surface area contributed by atoms with Gasteiger partial charge in [-0.2, -0.15) is 0 Å². The van der Waals surface area contributed by atoms with E-state index in [-0.39, 0.29) is 36.8 Å². The zero-order valence-corrected chi connectivity index (χ0v) is 14.7. The van der Waals surface area contributed by atoms with Crippen molar-refractivity contribution in [1.29, 1.82) is 0 Å². The van der Waals surface area contributed by atoms with Crippen molar-refractivity contribution in [2.75, 3.05) is 31.3 Å². The molecule has 3 atom stereocenters. The molecule has 20 heavy (non-hydrogen) atoms. The van der Waals surface area contributed by atoms with E-state index in [9.17, 15) is 4.79 Å². The summed E-state index contributed by atoms with van der Waals surface area (Å²) < 4.78 is 0. The van der Waals surface area contributed by atoms with Gasteiger partial charge in [0.25, 0.3) is 0 Å². The minimum absolute atomic E-state index is 0. The summed E-state index contributed by atoms with van der Waals surface area (Å²) in [5.74, 6) is 2.76. The lowest BCUT2D eigenvalue weighted by molar-refractivity contribution is -0.122. The molecule has 0 bridgehead atoms. The van der Waals surface area contributed by atoms with Crippen LogP contribution < -0.4 is 10.6 Å². The molecule has 2 N–H and O–H groups in total. The molecular weight excluding hydrogens is 317 g/mol. The second-order valence-corrected chi connectivity index (χ2v) is 6.64. The summed E-state index contributed by atoms with van der Waals surface area (Å²) in [4.78, 5) is 14.4. The van der Waals surface area contributed by atoms with E-state index in [0.717, 1.165) is 24.1 Å². The third-order valence-electron chi connectivity index (χ3n) is 3.92. The molecule has 0 aromatic rings. The van der Waals surface area contributed by atoms with Gasteiger partial charge in [-0.1, -0.05) is 6.92 Å². The summed E-state index contributed by atoms with van der Waals surface area (Å²) in [5.41, 5.74) is 0. The third kappa shape index (κ3) is 5.98. The Morgan fingerprint density at radius 3 is 2.85 bits per heavy atom. The van der Waals surface area contributed by atoms with Crippen molar-refractivity contribution in [1.82, 2.24) is 15.5 Å². The maximum Gasteiger partial charge on any atom is 0.238 e. The van der Waals surface area contributed by atoms with E-state index in [2.05, 4.69) is 29.4 Å². The number of halogens is 2. The van der Waals surface area contributed by atoms with E-state index in [0.29, 0.717) is 6.04 Å². The Kier molecular flexibility index (Phi) is 10.3. The molecule has 2 aliphatic rings. The van der Waals surface area contributed by atoms with Crippen LogP contribution >= 0.6 is 36.6 Å². The number of carbonyl (C=O) groups is 1. The van der Waals surface area contributed by atoms with Crippen LogP contribution in [0.15, 0.2) is 0 Å². The number of nitrogens with zero attached hydrogens (tertiary/aromatic N) is 1. The summed E-state index contributed by atoms with van der Waals surface area (Å²) in [5, 5.41) is 6.28. The maximum atomic E-state index is 11.9. The van der Waals surface area contributed by atoms with Crippen LogP contribution in [0.2, 0.25) is 0 Å². The third-order valence-corrected chi connectivity index (χ3v) is 4.86. The highest BCUT2D eigenvalue weighted by atomic mass is 35.5. The number of amides is 1. The van der Waals surface area contributed by atoms with Crippen LogP contribution in [0, 0.1) is 5.92 Å². The Morgan fingerprint density at radius 2 is 2.25 bits per heavy atom. The van der Waals surface area contributed by atoms with Crippen molar-refractivity contribution >= 4 is 42.5 Å². The van der Waals surface area contributed by atoms with Gasteiger partial charge in [0.15, 0.2) is 0 Å². The van der Waals surface area contributed by atoms with Gasteiger partial charge in [-0.15, -0.1) is 36.6 Å². The quantitative estimate of drug-likeness (QED) is 0.815. The van der Waals surface area contributed by atoms with Gasteiger partial charge in [-0.25, -0.2) is 0 Å². The number of nitrogens with one attached hydrogen (secondary N) is 2. The molecule has 7 heteroatoms. The second-order valence-electron chi connectivity index (χ2n) is 5.61. The highest BCUT2D eigenvalue weighted by molar-refractivity contribution is 7.99. The summed E-state index contributed by atoms with van der Waals surface area (Å²) >= 11 is 1.79. The zero-order chi connectivity index (χ0) is 13.0. The topological polar surface area (TPSA) is 44.4 Å². The van der Waals surface area contributed by atoms with Gasteiger partial charge in [0, 0.05) is 30.8 Å². The first-order valence-corrected chi connectivity index (χ1v) is 8.15. The SMILES string of the molecule is CC1CCCN(C(C)CNC(=O)C2CSCN2)C1.Cl.Cl. The molecular formula is C13H27Cl2N3OS. The molecule has 4 nitrogen and oxygen atoms in total. The van der Waals surface area contributed by atoms with E-state index in [1.807, 2.05) is 0 Å². The predicted molar refractivity (Wildman–Crippen MR) is 91.2 cm³/mol. The van der Waals surface area contributed by atoms with Crippen molar-refractivity contribution in [3.8, 4) is 0 Å². The Morgan fingerprint density at radius 1 is 1.50 bits per heavy atom. The lowest BCUT2D eigenvalue weighted by atomic mass is 9.99. The van der Waals surface area contributed by atoms with Crippen LogP contribution in [-0.2, 0) is 4.79 Å². The number of hydrogen-bond donors (Lipinski definition) is 2. The van der Waals surface area contributed by atoms with Gasteiger partial charge >= 0.3 is 0 Å². The molecule has 0 saturated carbocycles. The molecule has 3 unspecified atom stereocenters. The van der Waals surface area contributed by atoms with Gasteiger partial charge in [0.1, 0.15) is 0 Å². The molecule has 0 radical (unpaired) electrons. The molecule has 0 spiro atoms. The Hall–Kier alpha value is 0.320. The summed E-state index contributed by atoms with van der Waals surface area (Å²) in [6, 6.07) is 0.466. The molecule has 0 aromatic carbocycles. The van der Waals surface area contributed by atoms with E-state index in [1.165, 1.54) is 25.9 Å². The van der Waals surface area contributed by atoms with Crippen LogP contribution in [0.25, 0.3) is 0 Å². The number of piperidine rings is 1. The van der Waals surface area contributed by atoms with E-state index < -0.39 is 0 Å². The number of likely N-dealkylation sites (tertiary alicyclic amines) is 1. The van der Waals surface area contributed by atoms with Crippen LogP contribution in [0.3, 0.4) is 0 Å². The Balaban J connectivity index is 0.00000180. The summed E-state index contributed by atoms with van der Waals surface area (Å²) in [7, 11) is 0. The molecule has 2 fully saturated rings. The van der Waals surface area contributed by atoms with Gasteiger partial charge in [-0.3, -0.25) is 15.0 Å². The lowest BCUT2D eigenvalue weighted by Crippen LogP contribution is -2.49. The van der Waals surface area contributed by atoms with Gasteiger partial charge in [-0.05, 0) is 32.2 Å². The lowest BCUT2D eigenvalue weighted by Gasteiger charge is -2.35. The summed E-state index contributed by atoms with van der Waals surface area (Å²) in [6.07, 6.45) is 2.64. The first-order valence-electron chi connectivity index (χ1n) is 6.99. The van der Waals surface area contributed by atoms with Crippen LogP contribution in [0.5, 0.6) is 0 Å². The first kappa shape index (κ1) is 20.3. The maximum absolute atomic E-state index is 11.9. The summed E-state index contributed by atoms with van der Waals surface area (Å²) in [6.45, 7) is 7.66. The molecule has 2 aliphatic heterocycles. The molecule has 2 heterocycles. The highest BCUT2D eigenvalue weighted by Crippen LogP contribution is 2.17. The first-order chi connectivity index (χ1) is 8.66. The molecule has 0 aromatic heterocycles. The van der Waals surface area contributed by atoms with E-state index in [4.69, 9.17) is 0 Å². The fourth-order valence-electron chi connectivity index (χ4n) is 2.69. The average Bonchev–Trinajstić information content (AvgIpc) is 2.89. The van der Waals surface area contributed by atoms with Crippen molar-refractivity contribution in [2.45, 2.75) is 38.8 Å². The van der Waals surface area contributed by atoms with E-state index in [1.54, 1.807) is 11.8 Å². The van der Waals surface area contributed by atoms with Crippen molar-refractivity contribution < 1.29 is 4.79 Å². The minimum Gasteiger partial charge on any atom is -0.353 e. The molecule has 120 valence electrons. The van der Waals surface area contributed by atoms with Gasteiger partial charge in [0.2, 0.25) is 5.91 Å². The largest absolute Gasteiger partial charge is 0.353 e. The van der Waals surface area contributed by atoms with E-state index >= 15 is 0 Å². The monoisotopic (exact) mass is 343 g/mol. The van der Waals surface area contributed by atoms with Crippen molar-refractivity contribution in [3.05, 3.63) is 0 Å². The molecule has 1 amide bonds.